The van der Waals surface area contributed by atoms with Crippen LogP contribution in [-0.4, -0.2) is 19.7 Å². The topological polar surface area (TPSA) is 112 Å². The fraction of sp³-hybridized carbons (Fsp3) is 0.0625. The summed E-state index contributed by atoms with van der Waals surface area (Å²) in [5, 5.41) is 5.95. The quantitative estimate of drug-likeness (QED) is 0.463. The van der Waals surface area contributed by atoms with E-state index < -0.39 is 38.2 Å². The van der Waals surface area contributed by atoms with Crippen LogP contribution < -0.4 is 22.0 Å². The van der Waals surface area contributed by atoms with Crippen molar-refractivity contribution in [3.05, 3.63) is 93.6 Å². The molecule has 4 rings (SSSR count). The molecule has 1 aromatic heterocycles. The molecule has 0 radical (unpaired) electrons. The summed E-state index contributed by atoms with van der Waals surface area (Å²) in [5.74, 6) is -0.467. The predicted octanol–water partition coefficient (Wildman–Crippen LogP) is -0.945. The van der Waals surface area contributed by atoms with Gasteiger partial charge in [-0.05, 0) is 17.7 Å². The van der Waals surface area contributed by atoms with Crippen LogP contribution in [0.2, 0.25) is 0 Å². The van der Waals surface area contributed by atoms with Crippen LogP contribution in [0.5, 0.6) is 0 Å². The lowest BCUT2D eigenvalue weighted by Gasteiger charge is -2.00. The highest BCUT2D eigenvalue weighted by molar-refractivity contribution is 5.72. The normalized spacial score (nSPS) is 11.4. The summed E-state index contributed by atoms with van der Waals surface area (Å²) in [6.45, 7) is -0.193. The minimum atomic E-state index is -0.890. The molecule has 25 heavy (non-hydrogen) atoms. The Bertz CT molecular complexity index is 1320. The summed E-state index contributed by atoms with van der Waals surface area (Å²) >= 11 is 0. The number of rotatable bonds is 2. The molecule has 0 saturated carbocycles. The maximum atomic E-state index is 13.0. The van der Waals surface area contributed by atoms with E-state index in [2.05, 4.69) is 15.2 Å². The molecule has 0 bridgehead atoms. The minimum absolute atomic E-state index is 0.193. The fourth-order valence-corrected chi connectivity index (χ4v) is 2.74. The van der Waals surface area contributed by atoms with Gasteiger partial charge in [-0.15, -0.1) is 10.2 Å². The Balaban J connectivity index is 2.10. The summed E-state index contributed by atoms with van der Waals surface area (Å²) in [6.07, 6.45) is 0.979. The lowest BCUT2D eigenvalue weighted by Crippen LogP contribution is -2.28. The van der Waals surface area contributed by atoms with Gasteiger partial charge in [-0.25, -0.2) is 9.37 Å². The molecule has 0 amide bonds. The Morgan fingerprint density at radius 3 is 2.12 bits per heavy atom. The highest BCUT2D eigenvalue weighted by atomic mass is 19.1. The molecule has 122 valence electrons. The van der Waals surface area contributed by atoms with Gasteiger partial charge in [-0.1, -0.05) is 12.1 Å². The molecule has 0 unspecified atom stereocenters. The average Bonchev–Trinajstić information content (AvgIpc) is 2.86. The highest BCUT2D eigenvalue weighted by Gasteiger charge is 2.20. The Hall–Kier alpha value is -3.62. The SMILES string of the molecule is O=c1c2c(=O)n(Cc3ccc(F)cc3)c(=O)c=2c(=O)c2nncnc12. The van der Waals surface area contributed by atoms with Gasteiger partial charge in [0.2, 0.25) is 10.9 Å². The predicted molar refractivity (Wildman–Crippen MR) is 83.6 cm³/mol. The van der Waals surface area contributed by atoms with E-state index in [1.807, 2.05) is 0 Å². The van der Waals surface area contributed by atoms with Gasteiger partial charge in [0.25, 0.3) is 11.1 Å². The summed E-state index contributed by atoms with van der Waals surface area (Å²) in [4.78, 5) is 53.6. The number of hydrogen-bond acceptors (Lipinski definition) is 7. The highest BCUT2D eigenvalue weighted by Crippen LogP contribution is 2.03. The number of benzene rings is 1. The van der Waals surface area contributed by atoms with Crippen LogP contribution in [-0.2, 0) is 6.54 Å². The zero-order valence-corrected chi connectivity index (χ0v) is 12.4. The molecular formula is C16H7FN4O4. The summed E-state index contributed by atoms with van der Waals surface area (Å²) in [5.41, 5.74) is -3.65. The first-order valence-electron chi connectivity index (χ1n) is 7.11. The zero-order valence-electron chi connectivity index (χ0n) is 12.4. The second kappa shape index (κ2) is 5.20. The Kier molecular flexibility index (Phi) is 3.11. The Morgan fingerprint density at radius 1 is 0.880 bits per heavy atom. The molecule has 2 heterocycles. The van der Waals surface area contributed by atoms with Crippen LogP contribution in [0.3, 0.4) is 0 Å². The molecule has 0 N–H and O–H groups in total. The first-order valence-corrected chi connectivity index (χ1v) is 7.11. The maximum absolute atomic E-state index is 13.0. The number of nitrogens with zero attached hydrogens (tertiary/aromatic N) is 4. The molecule has 1 aliphatic carbocycles. The third-order valence-electron chi connectivity index (χ3n) is 3.93. The van der Waals surface area contributed by atoms with Gasteiger partial charge >= 0.3 is 0 Å². The van der Waals surface area contributed by atoms with E-state index in [1.165, 1.54) is 24.3 Å². The molecule has 0 atom stereocenters. The molecule has 8 nitrogen and oxygen atoms in total. The second-order valence-corrected chi connectivity index (χ2v) is 5.39. The van der Waals surface area contributed by atoms with Crippen molar-refractivity contribution in [1.82, 2.24) is 19.7 Å². The molecule has 0 fully saturated rings. The Labute approximate surface area is 136 Å². The van der Waals surface area contributed by atoms with Crippen molar-refractivity contribution in [2.75, 3.05) is 0 Å². The summed E-state index contributed by atoms with van der Waals surface area (Å²) in [7, 11) is 0. The van der Waals surface area contributed by atoms with E-state index in [9.17, 15) is 23.6 Å². The monoisotopic (exact) mass is 338 g/mol. The minimum Gasteiger partial charge on any atom is -0.287 e. The summed E-state index contributed by atoms with van der Waals surface area (Å²) < 4.78 is 13.8. The number of fused-ring (bicyclic) bond motifs is 1. The first-order chi connectivity index (χ1) is 12.0. The van der Waals surface area contributed by atoms with Crippen molar-refractivity contribution in [1.29, 1.82) is 0 Å². The van der Waals surface area contributed by atoms with Crippen molar-refractivity contribution in [2.45, 2.75) is 6.54 Å². The standard InChI is InChI=1S/C16H7FN4O4/c17-8-3-1-7(2-4-8)5-21-15(24)9-10(16(21)25)14(23)12-11(13(9)22)18-6-19-20-12/h1-4,6H,5H2. The third-order valence-corrected chi connectivity index (χ3v) is 3.93. The lowest BCUT2D eigenvalue weighted by molar-refractivity contribution is 0.626. The van der Waals surface area contributed by atoms with Crippen LogP contribution >= 0.6 is 0 Å². The van der Waals surface area contributed by atoms with E-state index in [0.717, 1.165) is 10.9 Å². The van der Waals surface area contributed by atoms with Gasteiger partial charge in [-0.2, -0.15) is 0 Å². The van der Waals surface area contributed by atoms with Crippen molar-refractivity contribution in [3.8, 4) is 0 Å². The van der Waals surface area contributed by atoms with Crippen molar-refractivity contribution in [2.24, 2.45) is 0 Å². The lowest BCUT2D eigenvalue weighted by atomic mass is 10.2. The fourth-order valence-electron chi connectivity index (χ4n) is 2.74. The molecule has 0 saturated heterocycles. The zero-order chi connectivity index (χ0) is 17.7. The smallest absolute Gasteiger partial charge is 0.266 e. The van der Waals surface area contributed by atoms with Crippen LogP contribution in [0.25, 0.3) is 11.0 Å². The van der Waals surface area contributed by atoms with E-state index in [4.69, 9.17) is 0 Å². The van der Waals surface area contributed by atoms with Gasteiger partial charge in [-0.3, -0.25) is 23.7 Å². The van der Waals surface area contributed by atoms with Gasteiger partial charge in [0.05, 0.1) is 6.54 Å². The van der Waals surface area contributed by atoms with Gasteiger partial charge in [0.15, 0.2) is 5.52 Å². The first kappa shape index (κ1) is 14.9. The molecule has 2 aliphatic rings. The molecule has 9 heteroatoms. The van der Waals surface area contributed by atoms with Gasteiger partial charge in [0, 0.05) is 0 Å². The number of hydrogen-bond donors (Lipinski definition) is 0. The van der Waals surface area contributed by atoms with Crippen molar-refractivity contribution in [3.63, 3.8) is 0 Å². The molecular weight excluding hydrogens is 331 g/mol. The average molecular weight is 338 g/mol. The number of halogens is 1. The van der Waals surface area contributed by atoms with Gasteiger partial charge in [0.1, 0.15) is 28.1 Å². The molecule has 2 aromatic rings. The molecule has 0 spiro atoms. The van der Waals surface area contributed by atoms with E-state index in [-0.39, 0.29) is 17.6 Å². The van der Waals surface area contributed by atoms with Crippen LogP contribution in [0.4, 0.5) is 4.39 Å². The van der Waals surface area contributed by atoms with Crippen LogP contribution in [0.15, 0.2) is 49.8 Å². The molecule has 1 aliphatic heterocycles. The number of aromatic nitrogens is 4. The van der Waals surface area contributed by atoms with E-state index in [0.29, 0.717) is 5.56 Å². The summed E-state index contributed by atoms with van der Waals surface area (Å²) in [6, 6.07) is 5.16. The van der Waals surface area contributed by atoms with E-state index >= 15 is 0 Å². The van der Waals surface area contributed by atoms with Gasteiger partial charge < -0.3 is 0 Å². The third kappa shape index (κ3) is 2.09. The van der Waals surface area contributed by atoms with Crippen molar-refractivity contribution < 1.29 is 4.39 Å². The Morgan fingerprint density at radius 2 is 1.48 bits per heavy atom. The second-order valence-electron chi connectivity index (χ2n) is 5.39. The largest absolute Gasteiger partial charge is 0.287 e. The maximum Gasteiger partial charge on any atom is 0.266 e. The van der Waals surface area contributed by atoms with E-state index in [1.54, 1.807) is 0 Å². The molecule has 1 aromatic carbocycles. The van der Waals surface area contributed by atoms with Crippen LogP contribution in [0, 0.1) is 16.3 Å². The van der Waals surface area contributed by atoms with Crippen molar-refractivity contribution >= 4 is 11.0 Å². The van der Waals surface area contributed by atoms with Crippen LogP contribution in [0.1, 0.15) is 5.56 Å².